The van der Waals surface area contributed by atoms with Crippen LogP contribution in [0.25, 0.3) is 22.3 Å². The van der Waals surface area contributed by atoms with Gasteiger partial charge in [-0.05, 0) is 98.1 Å². The summed E-state index contributed by atoms with van der Waals surface area (Å²) < 4.78 is 7.81. The fraction of sp³-hybridized carbons (Fsp3) is 0.387. The van der Waals surface area contributed by atoms with Gasteiger partial charge in [-0.1, -0.05) is 49.7 Å². The van der Waals surface area contributed by atoms with E-state index in [4.69, 9.17) is 9.84 Å². The van der Waals surface area contributed by atoms with Crippen LogP contribution in [-0.4, -0.2) is 34.1 Å². The Morgan fingerprint density at radius 1 is 1.03 bits per heavy atom. The number of aliphatic carboxylic acids is 1. The van der Waals surface area contributed by atoms with E-state index >= 15 is 0 Å². The van der Waals surface area contributed by atoms with Crippen LogP contribution in [-0.2, 0) is 17.8 Å². The van der Waals surface area contributed by atoms with Gasteiger partial charge in [0.25, 0.3) is 0 Å². The van der Waals surface area contributed by atoms with Crippen LogP contribution < -0.4 is 9.04 Å². The van der Waals surface area contributed by atoms with E-state index in [0.717, 1.165) is 45.8 Å². The summed E-state index contributed by atoms with van der Waals surface area (Å²) in [7, 11) is 1.69. The number of aryl methyl sites for hydroxylation is 1. The molecule has 0 fully saturated rings. The molecule has 0 amide bonds. The van der Waals surface area contributed by atoms with Gasteiger partial charge in [-0.25, -0.2) is 0 Å². The summed E-state index contributed by atoms with van der Waals surface area (Å²) in [6.07, 6.45) is -0.00201. The van der Waals surface area contributed by atoms with Gasteiger partial charge in [0.2, 0.25) is 0 Å². The predicted octanol–water partition coefficient (Wildman–Crippen LogP) is 7.43. The van der Waals surface area contributed by atoms with Crippen molar-refractivity contribution in [1.29, 1.82) is 0 Å². The van der Waals surface area contributed by atoms with E-state index in [1.165, 1.54) is 16.7 Å². The number of carboxylic acid groups (broad SMARTS) is 1. The Kier molecular flexibility index (Phi) is 8.98. The summed E-state index contributed by atoms with van der Waals surface area (Å²) in [6, 6.07) is 16.7. The van der Waals surface area contributed by atoms with Crippen LogP contribution in [0.1, 0.15) is 56.9 Å². The van der Waals surface area contributed by atoms with Crippen molar-refractivity contribution in [3.63, 3.8) is 0 Å². The number of carboxylic acids is 1. The maximum atomic E-state index is 11.8. The molecule has 0 saturated heterocycles. The smallest absolute Gasteiger partial charge is 0.307 e. The molecule has 0 radical (unpaired) electrons. The number of anilines is 1. The molecule has 2 N–H and O–H groups in total. The van der Waals surface area contributed by atoms with Gasteiger partial charge in [0, 0.05) is 10.8 Å². The summed E-state index contributed by atoms with van der Waals surface area (Å²) in [4.78, 5) is 11.8. The first kappa shape index (κ1) is 28.6. The molecule has 0 atom stereocenters. The number of hydrogen-bond donors (Lipinski definition) is 2. The molecule has 1 aliphatic rings. The molecule has 3 aromatic carbocycles. The number of hydrogen-bond acceptors (Lipinski definition) is 5. The Bertz CT molecular complexity index is 1250. The van der Waals surface area contributed by atoms with Gasteiger partial charge in [-0.3, -0.25) is 4.79 Å². The Balaban J connectivity index is 0.000000695. The van der Waals surface area contributed by atoms with Gasteiger partial charge in [0.05, 0.1) is 31.4 Å². The van der Waals surface area contributed by atoms with E-state index in [2.05, 4.69) is 74.5 Å². The van der Waals surface area contributed by atoms with Crippen molar-refractivity contribution in [2.45, 2.75) is 72.3 Å². The number of nitrogens with zero attached hydrogens (tertiary/aromatic N) is 1. The zero-order valence-corrected chi connectivity index (χ0v) is 24.0. The number of fused-ring (bicyclic) bond motifs is 3. The first-order chi connectivity index (χ1) is 17.3. The van der Waals surface area contributed by atoms with Crippen LogP contribution in [0.3, 0.4) is 0 Å². The first-order valence-corrected chi connectivity index (χ1v) is 13.4. The Labute approximate surface area is 225 Å². The molecule has 0 unspecified atom stereocenters. The van der Waals surface area contributed by atoms with Gasteiger partial charge in [0.15, 0.2) is 0 Å². The lowest BCUT2D eigenvalue weighted by molar-refractivity contribution is -0.136. The quantitative estimate of drug-likeness (QED) is 0.329. The normalized spacial score (nSPS) is 12.4. The van der Waals surface area contributed by atoms with E-state index in [1.807, 2.05) is 6.07 Å². The molecule has 198 valence electrons. The van der Waals surface area contributed by atoms with Gasteiger partial charge >= 0.3 is 5.97 Å². The molecule has 0 saturated carbocycles. The molecule has 37 heavy (non-hydrogen) atoms. The van der Waals surface area contributed by atoms with Gasteiger partial charge in [0.1, 0.15) is 5.75 Å². The van der Waals surface area contributed by atoms with Crippen molar-refractivity contribution < 1.29 is 19.7 Å². The SMILES string of the molecule is CC(C)(C)O.COc1ccc2c(c1)CN(SC(C)C)c1c-2cc(-c2ccc(C)cc2)c(CC(=O)O)c1C. The molecule has 3 aromatic rings. The highest BCUT2D eigenvalue weighted by atomic mass is 32.2. The number of methoxy groups -OCH3 is 1. The third-order valence-electron chi connectivity index (χ3n) is 5.87. The maximum Gasteiger partial charge on any atom is 0.307 e. The average molecular weight is 522 g/mol. The van der Waals surface area contributed by atoms with Gasteiger partial charge < -0.3 is 19.3 Å². The number of carbonyl (C=O) groups is 1. The lowest BCUT2D eigenvalue weighted by atomic mass is 9.85. The van der Waals surface area contributed by atoms with Gasteiger partial charge in [-0.15, -0.1) is 0 Å². The third-order valence-corrected chi connectivity index (χ3v) is 6.86. The summed E-state index contributed by atoms with van der Waals surface area (Å²) >= 11 is 1.79. The van der Waals surface area contributed by atoms with E-state index < -0.39 is 11.6 Å². The molecule has 0 spiro atoms. The van der Waals surface area contributed by atoms with Crippen LogP contribution in [0.2, 0.25) is 0 Å². The fourth-order valence-electron chi connectivity index (χ4n) is 4.41. The zero-order chi connectivity index (χ0) is 27.5. The predicted molar refractivity (Wildman–Crippen MR) is 156 cm³/mol. The van der Waals surface area contributed by atoms with Crippen LogP contribution >= 0.6 is 11.9 Å². The zero-order valence-electron chi connectivity index (χ0n) is 23.2. The highest BCUT2D eigenvalue weighted by Gasteiger charge is 2.29. The second kappa shape index (κ2) is 11.6. The summed E-state index contributed by atoms with van der Waals surface area (Å²) in [5, 5.41) is 18.6. The molecular weight excluding hydrogens is 482 g/mol. The minimum atomic E-state index is -0.814. The van der Waals surface area contributed by atoms with Crippen LogP contribution in [0.15, 0.2) is 48.5 Å². The molecule has 0 aromatic heterocycles. The number of benzene rings is 3. The molecule has 4 rings (SSSR count). The Hall–Kier alpha value is -2.96. The average Bonchev–Trinajstić information content (AvgIpc) is 2.79. The Morgan fingerprint density at radius 2 is 1.65 bits per heavy atom. The van der Waals surface area contributed by atoms with Crippen molar-refractivity contribution >= 4 is 23.6 Å². The third kappa shape index (κ3) is 7.30. The van der Waals surface area contributed by atoms with E-state index in [-0.39, 0.29) is 6.42 Å². The molecule has 1 aliphatic heterocycles. The summed E-state index contributed by atoms with van der Waals surface area (Å²) in [5.74, 6) is 0.0325. The first-order valence-electron chi connectivity index (χ1n) is 12.6. The summed E-state index contributed by atoms with van der Waals surface area (Å²) in [5.41, 5.74) is 9.28. The molecular formula is C31H39NO4S. The van der Waals surface area contributed by atoms with Crippen LogP contribution in [0.5, 0.6) is 5.75 Å². The van der Waals surface area contributed by atoms with Crippen molar-refractivity contribution in [2.24, 2.45) is 0 Å². The number of rotatable bonds is 6. The summed E-state index contributed by atoms with van der Waals surface area (Å²) in [6.45, 7) is 14.5. The topological polar surface area (TPSA) is 70.0 Å². The molecule has 6 heteroatoms. The lowest BCUT2D eigenvalue weighted by Gasteiger charge is -2.36. The fourth-order valence-corrected chi connectivity index (χ4v) is 5.48. The highest BCUT2D eigenvalue weighted by molar-refractivity contribution is 8.01. The lowest BCUT2D eigenvalue weighted by Crippen LogP contribution is -2.23. The number of ether oxygens (including phenoxy) is 1. The van der Waals surface area contributed by atoms with Crippen molar-refractivity contribution in [1.82, 2.24) is 0 Å². The van der Waals surface area contributed by atoms with Crippen molar-refractivity contribution in [3.8, 4) is 28.0 Å². The second-order valence-corrected chi connectivity index (χ2v) is 12.3. The van der Waals surface area contributed by atoms with Crippen LogP contribution in [0, 0.1) is 13.8 Å². The highest BCUT2D eigenvalue weighted by Crippen LogP contribution is 2.49. The van der Waals surface area contributed by atoms with Gasteiger partial charge in [-0.2, -0.15) is 0 Å². The van der Waals surface area contributed by atoms with E-state index in [1.54, 1.807) is 39.8 Å². The Morgan fingerprint density at radius 3 is 2.19 bits per heavy atom. The minimum absolute atomic E-state index is 0.00201. The monoisotopic (exact) mass is 521 g/mol. The van der Waals surface area contributed by atoms with E-state index in [0.29, 0.717) is 5.25 Å². The maximum absolute atomic E-state index is 11.8. The van der Waals surface area contributed by atoms with Crippen molar-refractivity contribution in [3.05, 3.63) is 70.8 Å². The van der Waals surface area contributed by atoms with Crippen LogP contribution in [0.4, 0.5) is 5.69 Å². The standard InChI is InChI=1S/C27H29NO3S.C4H10O/c1-16(2)32-28-15-20-12-21(31-5)10-11-22(20)25-13-24(19-8-6-17(3)7-9-19)23(14-26(29)30)18(4)27(25)28;1-4(2,3)5/h6-13,16H,14-15H2,1-5H3,(H,29,30);5H,1-3H3. The molecule has 0 bridgehead atoms. The molecule has 5 nitrogen and oxygen atoms in total. The molecule has 0 aliphatic carbocycles. The second-order valence-electron chi connectivity index (χ2n) is 10.7. The van der Waals surface area contributed by atoms with Crippen molar-refractivity contribution in [2.75, 3.05) is 11.4 Å². The minimum Gasteiger partial charge on any atom is -0.497 e. The van der Waals surface area contributed by atoms with E-state index in [9.17, 15) is 9.90 Å². The number of aliphatic hydroxyl groups is 1. The molecule has 1 heterocycles. The largest absolute Gasteiger partial charge is 0.497 e.